The molecule has 3 rings (SSSR count). The summed E-state index contributed by atoms with van der Waals surface area (Å²) in [7, 11) is 0. The van der Waals surface area contributed by atoms with Crippen molar-refractivity contribution in [2.75, 3.05) is 0 Å². The molecule has 0 amide bonds. The fraction of sp³-hybridized carbons (Fsp3) is 0.240. The molecule has 0 N–H and O–H groups in total. The molecule has 30 heavy (non-hydrogen) atoms. The van der Waals surface area contributed by atoms with Gasteiger partial charge < -0.3 is 4.74 Å². The Morgan fingerprint density at radius 2 is 1.40 bits per heavy atom. The molecule has 2 atom stereocenters. The first-order valence-corrected chi connectivity index (χ1v) is 10.0. The number of hydrogen-bond acceptors (Lipinski definition) is 4. The third-order valence-electron chi connectivity index (χ3n) is 4.99. The molecule has 0 aliphatic heterocycles. The van der Waals surface area contributed by atoms with Crippen LogP contribution >= 0.6 is 0 Å². The van der Waals surface area contributed by atoms with Crippen LogP contribution in [0.5, 0.6) is 0 Å². The Hall–Kier alpha value is -3.47. The van der Waals surface area contributed by atoms with E-state index in [-0.39, 0.29) is 17.2 Å². The summed E-state index contributed by atoms with van der Waals surface area (Å²) in [6, 6.07) is 25.3. The van der Waals surface area contributed by atoms with Gasteiger partial charge in [-0.2, -0.15) is 0 Å². The quantitative estimate of drug-likeness (QED) is 0.251. The first kappa shape index (κ1) is 21.2. The van der Waals surface area contributed by atoms with Gasteiger partial charge in [0.2, 0.25) is 0 Å². The number of esters is 1. The Balaban J connectivity index is 1.95. The second-order valence-corrected chi connectivity index (χ2v) is 7.69. The van der Waals surface area contributed by atoms with Gasteiger partial charge in [-0.05, 0) is 35.6 Å². The molecule has 0 aliphatic rings. The molecule has 5 nitrogen and oxygen atoms in total. The summed E-state index contributed by atoms with van der Waals surface area (Å²) < 4.78 is 6.03. The Labute approximate surface area is 176 Å². The highest BCUT2D eigenvalue weighted by Gasteiger charge is 2.29. The molecule has 0 heterocycles. The molecule has 0 saturated heterocycles. The third kappa shape index (κ3) is 5.32. The lowest BCUT2D eigenvalue weighted by Crippen LogP contribution is -2.20. The number of nitro groups is 1. The predicted molar refractivity (Wildman–Crippen MR) is 116 cm³/mol. The molecule has 0 saturated carbocycles. The van der Waals surface area contributed by atoms with Gasteiger partial charge in [0.25, 0.3) is 5.69 Å². The maximum atomic E-state index is 12.9. The van der Waals surface area contributed by atoms with Crippen molar-refractivity contribution >= 4 is 11.7 Å². The van der Waals surface area contributed by atoms with Crippen LogP contribution in [-0.4, -0.2) is 10.9 Å². The van der Waals surface area contributed by atoms with Crippen LogP contribution < -0.4 is 0 Å². The number of non-ortho nitro benzene ring substituents is 1. The topological polar surface area (TPSA) is 69.4 Å². The zero-order chi connectivity index (χ0) is 21.5. The molecule has 0 bridgehead atoms. The Morgan fingerprint density at radius 1 is 0.867 bits per heavy atom. The van der Waals surface area contributed by atoms with E-state index in [0.717, 1.165) is 17.5 Å². The minimum Gasteiger partial charge on any atom is -0.453 e. The van der Waals surface area contributed by atoms with Gasteiger partial charge in [-0.25, -0.2) is 4.79 Å². The minimum atomic E-state index is -0.497. The fourth-order valence-electron chi connectivity index (χ4n) is 3.57. The van der Waals surface area contributed by atoms with Crippen molar-refractivity contribution in [3.63, 3.8) is 0 Å². The summed E-state index contributed by atoms with van der Waals surface area (Å²) >= 11 is 0. The van der Waals surface area contributed by atoms with Crippen molar-refractivity contribution in [1.29, 1.82) is 0 Å². The van der Waals surface area contributed by atoms with Gasteiger partial charge >= 0.3 is 5.97 Å². The number of nitro benzene ring substituents is 1. The summed E-state index contributed by atoms with van der Waals surface area (Å²) in [4.78, 5) is 23.3. The van der Waals surface area contributed by atoms with Crippen molar-refractivity contribution in [3.8, 4) is 0 Å². The number of carbonyl (C=O) groups excluding carboxylic acids is 1. The first-order chi connectivity index (χ1) is 14.5. The second kappa shape index (κ2) is 9.83. The normalized spacial score (nSPS) is 12.9. The van der Waals surface area contributed by atoms with E-state index in [0.29, 0.717) is 5.92 Å². The number of benzene rings is 3. The number of rotatable bonds is 8. The molecule has 3 aromatic carbocycles. The summed E-state index contributed by atoms with van der Waals surface area (Å²) in [5.74, 6) is -0.112. The zero-order valence-electron chi connectivity index (χ0n) is 17.1. The molecule has 0 spiro atoms. The van der Waals surface area contributed by atoms with E-state index in [1.165, 1.54) is 24.3 Å². The van der Waals surface area contributed by atoms with Crippen molar-refractivity contribution in [2.24, 2.45) is 5.92 Å². The fourth-order valence-corrected chi connectivity index (χ4v) is 3.57. The summed E-state index contributed by atoms with van der Waals surface area (Å²) in [6.45, 7) is 4.30. The van der Waals surface area contributed by atoms with E-state index in [2.05, 4.69) is 26.0 Å². The highest BCUT2D eigenvalue weighted by Crippen LogP contribution is 2.39. The maximum Gasteiger partial charge on any atom is 0.338 e. The second-order valence-electron chi connectivity index (χ2n) is 7.69. The van der Waals surface area contributed by atoms with Crippen LogP contribution in [0.25, 0.3) is 0 Å². The molecular formula is C25H25NO4. The van der Waals surface area contributed by atoms with E-state index in [4.69, 9.17) is 4.74 Å². The Morgan fingerprint density at radius 3 is 1.90 bits per heavy atom. The minimum absolute atomic E-state index is 0.0180. The molecule has 0 aromatic heterocycles. The number of ether oxygens (including phenoxy) is 1. The number of carbonyl (C=O) groups is 1. The van der Waals surface area contributed by atoms with Crippen LogP contribution in [0.1, 0.15) is 53.8 Å². The van der Waals surface area contributed by atoms with Crippen LogP contribution in [0.3, 0.4) is 0 Å². The average Bonchev–Trinajstić information content (AvgIpc) is 2.77. The molecular weight excluding hydrogens is 378 g/mol. The lowest BCUT2D eigenvalue weighted by molar-refractivity contribution is -0.384. The van der Waals surface area contributed by atoms with Gasteiger partial charge in [0.1, 0.15) is 6.10 Å². The highest BCUT2D eigenvalue weighted by atomic mass is 16.6. The van der Waals surface area contributed by atoms with Crippen LogP contribution in [0, 0.1) is 16.0 Å². The SMILES string of the molecule is CC(C)CC(c1ccccc1)C(OC(=O)c1ccc([N+](=O)[O-])cc1)c1ccccc1. The van der Waals surface area contributed by atoms with Gasteiger partial charge in [-0.3, -0.25) is 10.1 Å². The van der Waals surface area contributed by atoms with E-state index in [9.17, 15) is 14.9 Å². The van der Waals surface area contributed by atoms with Gasteiger partial charge in [-0.1, -0.05) is 74.5 Å². The standard InChI is InChI=1S/C25H25NO4/c1-18(2)17-23(19-9-5-3-6-10-19)24(20-11-7-4-8-12-20)30-25(27)21-13-15-22(16-14-21)26(28)29/h3-16,18,23-24H,17H2,1-2H3. The van der Waals surface area contributed by atoms with Gasteiger partial charge in [0.15, 0.2) is 0 Å². The zero-order valence-corrected chi connectivity index (χ0v) is 17.1. The van der Waals surface area contributed by atoms with Gasteiger partial charge in [0.05, 0.1) is 10.5 Å². The van der Waals surface area contributed by atoms with E-state index in [1.807, 2.05) is 48.5 Å². The Bertz CT molecular complexity index is 969. The van der Waals surface area contributed by atoms with Crippen LogP contribution in [0.4, 0.5) is 5.69 Å². The molecule has 0 aliphatic carbocycles. The molecule has 3 aromatic rings. The first-order valence-electron chi connectivity index (χ1n) is 10.0. The summed E-state index contributed by atoms with van der Waals surface area (Å²) in [5, 5.41) is 10.9. The van der Waals surface area contributed by atoms with E-state index < -0.39 is 17.0 Å². The molecule has 0 radical (unpaired) electrons. The van der Waals surface area contributed by atoms with Gasteiger partial charge in [-0.15, -0.1) is 0 Å². The maximum absolute atomic E-state index is 12.9. The van der Waals surface area contributed by atoms with Crippen LogP contribution in [-0.2, 0) is 4.74 Å². The third-order valence-corrected chi connectivity index (χ3v) is 4.99. The van der Waals surface area contributed by atoms with Crippen LogP contribution in [0.15, 0.2) is 84.9 Å². The molecule has 0 fully saturated rings. The van der Waals surface area contributed by atoms with E-state index >= 15 is 0 Å². The lowest BCUT2D eigenvalue weighted by atomic mass is 9.83. The smallest absolute Gasteiger partial charge is 0.338 e. The average molecular weight is 403 g/mol. The van der Waals surface area contributed by atoms with Gasteiger partial charge in [0, 0.05) is 18.1 Å². The summed E-state index contributed by atoms with van der Waals surface area (Å²) in [6.07, 6.45) is 0.371. The Kier molecular flexibility index (Phi) is 6.96. The highest BCUT2D eigenvalue weighted by molar-refractivity contribution is 5.89. The van der Waals surface area contributed by atoms with Crippen molar-refractivity contribution < 1.29 is 14.5 Å². The van der Waals surface area contributed by atoms with Crippen molar-refractivity contribution in [1.82, 2.24) is 0 Å². The molecule has 2 unspecified atom stereocenters. The lowest BCUT2D eigenvalue weighted by Gasteiger charge is -2.29. The summed E-state index contributed by atoms with van der Waals surface area (Å²) in [5.41, 5.74) is 2.25. The largest absolute Gasteiger partial charge is 0.453 e. The molecule has 5 heteroatoms. The van der Waals surface area contributed by atoms with Crippen molar-refractivity contribution in [2.45, 2.75) is 32.3 Å². The van der Waals surface area contributed by atoms with E-state index in [1.54, 1.807) is 0 Å². The molecule has 154 valence electrons. The van der Waals surface area contributed by atoms with Crippen molar-refractivity contribution in [3.05, 3.63) is 112 Å². The predicted octanol–water partition coefficient (Wildman–Crippen LogP) is 6.32. The number of nitrogens with zero attached hydrogens (tertiary/aromatic N) is 1. The monoisotopic (exact) mass is 403 g/mol. The number of hydrogen-bond donors (Lipinski definition) is 0. The van der Waals surface area contributed by atoms with Crippen LogP contribution in [0.2, 0.25) is 0 Å².